The van der Waals surface area contributed by atoms with Crippen molar-refractivity contribution < 1.29 is 9.21 Å². The minimum absolute atomic E-state index is 0.0507. The number of nitrogens with zero attached hydrogens (tertiary/aromatic N) is 1. The first-order valence-electron chi connectivity index (χ1n) is 7.74. The zero-order chi connectivity index (χ0) is 16.6. The normalized spacial score (nSPS) is 10.5. The Morgan fingerprint density at radius 1 is 1.12 bits per heavy atom. The van der Waals surface area contributed by atoms with E-state index in [-0.39, 0.29) is 5.91 Å². The van der Waals surface area contributed by atoms with Crippen LogP contribution in [0.4, 0.5) is 0 Å². The van der Waals surface area contributed by atoms with Crippen LogP contribution in [0.3, 0.4) is 0 Å². The summed E-state index contributed by atoms with van der Waals surface area (Å²) in [6.45, 7) is 0.491. The lowest BCUT2D eigenvalue weighted by atomic mass is 10.2. The van der Waals surface area contributed by atoms with E-state index < -0.39 is 0 Å². The van der Waals surface area contributed by atoms with E-state index in [0.29, 0.717) is 13.0 Å². The van der Waals surface area contributed by atoms with Gasteiger partial charge in [0.15, 0.2) is 5.76 Å². The molecule has 0 unspecified atom stereocenters. The van der Waals surface area contributed by atoms with Crippen molar-refractivity contribution >= 4 is 17.7 Å². The Balaban J connectivity index is 1.45. The minimum Gasteiger partial charge on any atom is -0.463 e. The van der Waals surface area contributed by atoms with Crippen LogP contribution in [0.2, 0.25) is 0 Å². The molecule has 2 heterocycles. The number of carbonyl (C=O) groups excluding carboxylic acids is 1. The molecule has 0 atom stereocenters. The third-order valence-corrected chi connectivity index (χ3v) is 4.44. The Labute approximate surface area is 145 Å². The van der Waals surface area contributed by atoms with Crippen LogP contribution in [0.5, 0.6) is 0 Å². The summed E-state index contributed by atoms with van der Waals surface area (Å²) in [5.74, 6) is 1.54. The highest BCUT2D eigenvalue weighted by Crippen LogP contribution is 2.19. The summed E-state index contributed by atoms with van der Waals surface area (Å²) in [6, 6.07) is 17.6. The van der Waals surface area contributed by atoms with Crippen LogP contribution >= 0.6 is 11.8 Å². The van der Waals surface area contributed by atoms with Gasteiger partial charge >= 0.3 is 0 Å². The Bertz CT molecular complexity index is 773. The number of rotatable bonds is 7. The smallest absolute Gasteiger partial charge is 0.221 e. The van der Waals surface area contributed by atoms with Crippen molar-refractivity contribution in [2.75, 3.05) is 5.75 Å². The lowest BCUT2D eigenvalue weighted by Gasteiger charge is -2.06. The monoisotopic (exact) mass is 338 g/mol. The van der Waals surface area contributed by atoms with Crippen LogP contribution in [-0.2, 0) is 11.3 Å². The van der Waals surface area contributed by atoms with Crippen molar-refractivity contribution in [1.82, 2.24) is 10.3 Å². The second-order valence-electron chi connectivity index (χ2n) is 5.21. The molecule has 1 amide bonds. The highest BCUT2D eigenvalue weighted by Gasteiger charge is 2.05. The molecule has 1 aromatic carbocycles. The molecule has 0 aliphatic rings. The molecule has 0 spiro atoms. The highest BCUT2D eigenvalue weighted by atomic mass is 32.2. The molecule has 2 aromatic heterocycles. The summed E-state index contributed by atoms with van der Waals surface area (Å²) in [5, 5.41) is 2.95. The number of pyridine rings is 1. The fourth-order valence-corrected chi connectivity index (χ4v) is 3.08. The standard InChI is InChI=1S/C19H18N2O2S/c22-19(9-12-24-16-5-2-1-3-6-16)21-14-15-8-10-20-17(13-15)18-7-4-11-23-18/h1-8,10-11,13H,9,12,14H2,(H,21,22). The zero-order valence-electron chi connectivity index (χ0n) is 13.1. The quantitative estimate of drug-likeness (QED) is 0.658. The highest BCUT2D eigenvalue weighted by molar-refractivity contribution is 7.99. The third kappa shape index (κ3) is 4.73. The van der Waals surface area contributed by atoms with E-state index in [1.807, 2.05) is 42.5 Å². The van der Waals surface area contributed by atoms with Crippen molar-refractivity contribution in [3.8, 4) is 11.5 Å². The molecule has 3 rings (SSSR count). The molecule has 0 aliphatic carbocycles. The van der Waals surface area contributed by atoms with Crippen molar-refractivity contribution in [2.45, 2.75) is 17.9 Å². The average Bonchev–Trinajstić information content (AvgIpc) is 3.16. The Morgan fingerprint density at radius 2 is 2.00 bits per heavy atom. The first kappa shape index (κ1) is 16.3. The molecule has 0 fully saturated rings. The van der Waals surface area contributed by atoms with Gasteiger partial charge < -0.3 is 9.73 Å². The maximum absolute atomic E-state index is 12.0. The van der Waals surface area contributed by atoms with E-state index in [9.17, 15) is 4.79 Å². The van der Waals surface area contributed by atoms with E-state index >= 15 is 0 Å². The summed E-state index contributed by atoms with van der Waals surface area (Å²) in [4.78, 5) is 17.4. The van der Waals surface area contributed by atoms with Gasteiger partial charge in [-0.1, -0.05) is 18.2 Å². The average molecular weight is 338 g/mol. The number of nitrogens with one attached hydrogen (secondary N) is 1. The second kappa shape index (κ2) is 8.36. The van der Waals surface area contributed by atoms with Crippen molar-refractivity contribution in [1.29, 1.82) is 0 Å². The Hall–Kier alpha value is -2.53. The molecule has 122 valence electrons. The summed E-state index contributed by atoms with van der Waals surface area (Å²) in [7, 11) is 0. The van der Waals surface area contributed by atoms with Gasteiger partial charge in [0, 0.05) is 29.8 Å². The molecule has 24 heavy (non-hydrogen) atoms. The first-order chi connectivity index (χ1) is 11.8. The van der Waals surface area contributed by atoms with Gasteiger partial charge in [0.25, 0.3) is 0 Å². The number of amides is 1. The fraction of sp³-hybridized carbons (Fsp3) is 0.158. The van der Waals surface area contributed by atoms with Gasteiger partial charge in [0.05, 0.1) is 6.26 Å². The van der Waals surface area contributed by atoms with E-state index in [4.69, 9.17) is 4.42 Å². The molecule has 0 aliphatic heterocycles. The van der Waals surface area contributed by atoms with Gasteiger partial charge in [-0.25, -0.2) is 0 Å². The predicted octanol–water partition coefficient (Wildman–Crippen LogP) is 4.14. The SMILES string of the molecule is O=C(CCSc1ccccc1)NCc1ccnc(-c2ccco2)c1. The van der Waals surface area contributed by atoms with Gasteiger partial charge in [0.1, 0.15) is 5.69 Å². The lowest BCUT2D eigenvalue weighted by Crippen LogP contribution is -2.23. The summed E-state index contributed by atoms with van der Waals surface area (Å²) in [6.07, 6.45) is 3.84. The maximum atomic E-state index is 12.0. The van der Waals surface area contributed by atoms with E-state index in [0.717, 1.165) is 22.8 Å². The molecular formula is C19H18N2O2S. The molecule has 3 aromatic rings. The maximum Gasteiger partial charge on any atom is 0.221 e. The number of hydrogen-bond acceptors (Lipinski definition) is 4. The van der Waals surface area contributed by atoms with Gasteiger partial charge in [-0.2, -0.15) is 0 Å². The van der Waals surface area contributed by atoms with Crippen LogP contribution in [0, 0.1) is 0 Å². The van der Waals surface area contributed by atoms with Crippen molar-refractivity contribution in [2.24, 2.45) is 0 Å². The van der Waals surface area contributed by atoms with Gasteiger partial charge in [0.2, 0.25) is 5.91 Å². The topological polar surface area (TPSA) is 55.1 Å². The summed E-state index contributed by atoms with van der Waals surface area (Å²) >= 11 is 1.69. The molecule has 5 heteroatoms. The number of hydrogen-bond donors (Lipinski definition) is 1. The summed E-state index contributed by atoms with van der Waals surface area (Å²) < 4.78 is 5.34. The second-order valence-corrected chi connectivity index (χ2v) is 6.38. The van der Waals surface area contributed by atoms with Crippen LogP contribution in [-0.4, -0.2) is 16.6 Å². The van der Waals surface area contributed by atoms with Crippen LogP contribution in [0.1, 0.15) is 12.0 Å². The number of furan rings is 1. The molecule has 1 N–H and O–H groups in total. The lowest BCUT2D eigenvalue weighted by molar-refractivity contribution is -0.120. The van der Waals surface area contributed by atoms with Crippen LogP contribution < -0.4 is 5.32 Å². The molecular weight excluding hydrogens is 320 g/mol. The van der Waals surface area contributed by atoms with Crippen molar-refractivity contribution in [3.63, 3.8) is 0 Å². The Morgan fingerprint density at radius 3 is 2.79 bits per heavy atom. The van der Waals surface area contributed by atoms with E-state index in [1.54, 1.807) is 24.2 Å². The molecule has 4 nitrogen and oxygen atoms in total. The fourth-order valence-electron chi connectivity index (χ4n) is 2.21. The van der Waals surface area contributed by atoms with Crippen LogP contribution in [0.25, 0.3) is 11.5 Å². The molecule has 0 radical (unpaired) electrons. The minimum atomic E-state index is 0.0507. The van der Waals surface area contributed by atoms with Gasteiger partial charge in [-0.05, 0) is 42.0 Å². The molecule has 0 saturated heterocycles. The molecule has 0 bridgehead atoms. The largest absolute Gasteiger partial charge is 0.463 e. The third-order valence-electron chi connectivity index (χ3n) is 3.43. The van der Waals surface area contributed by atoms with Gasteiger partial charge in [-0.3, -0.25) is 9.78 Å². The first-order valence-corrected chi connectivity index (χ1v) is 8.73. The summed E-state index contributed by atoms with van der Waals surface area (Å²) in [5.41, 5.74) is 1.77. The number of aromatic nitrogens is 1. The van der Waals surface area contributed by atoms with Crippen LogP contribution in [0.15, 0.2) is 76.4 Å². The Kier molecular flexibility index (Phi) is 5.69. The number of benzene rings is 1. The predicted molar refractivity (Wildman–Crippen MR) is 95.6 cm³/mol. The molecule has 0 saturated carbocycles. The van der Waals surface area contributed by atoms with Gasteiger partial charge in [-0.15, -0.1) is 11.8 Å². The number of thioether (sulfide) groups is 1. The van der Waals surface area contributed by atoms with E-state index in [2.05, 4.69) is 22.4 Å². The van der Waals surface area contributed by atoms with E-state index in [1.165, 1.54) is 4.90 Å². The van der Waals surface area contributed by atoms with Crippen molar-refractivity contribution in [3.05, 3.63) is 72.6 Å². The zero-order valence-corrected chi connectivity index (χ0v) is 14.0. The number of carbonyl (C=O) groups is 1.